The number of amides is 1. The van der Waals surface area contributed by atoms with Crippen molar-refractivity contribution in [3.8, 4) is 16.8 Å². The Bertz CT molecular complexity index is 1290. The zero-order valence-electron chi connectivity index (χ0n) is 22.0. The van der Waals surface area contributed by atoms with Crippen LogP contribution in [0.2, 0.25) is 0 Å². The van der Waals surface area contributed by atoms with E-state index in [9.17, 15) is 14.0 Å². The van der Waals surface area contributed by atoms with Gasteiger partial charge in [-0.3, -0.25) is 0 Å². The van der Waals surface area contributed by atoms with Crippen LogP contribution in [0.3, 0.4) is 0 Å². The van der Waals surface area contributed by atoms with Crippen LogP contribution in [0, 0.1) is 5.82 Å². The molecule has 0 bridgehead atoms. The zero-order valence-corrected chi connectivity index (χ0v) is 22.0. The second-order valence-electron chi connectivity index (χ2n) is 10.3. The summed E-state index contributed by atoms with van der Waals surface area (Å²) in [5, 5.41) is 4.04. The second-order valence-corrected chi connectivity index (χ2v) is 10.3. The largest absolute Gasteiger partial charge is 0.444 e. The monoisotopic (exact) mass is 511 g/mol. The summed E-state index contributed by atoms with van der Waals surface area (Å²) in [6.07, 6.45) is 6.67. The molecule has 1 saturated heterocycles. The van der Waals surface area contributed by atoms with Crippen LogP contribution in [-0.2, 0) is 11.3 Å². The minimum Gasteiger partial charge on any atom is -0.444 e. The van der Waals surface area contributed by atoms with Crippen molar-refractivity contribution in [1.82, 2.24) is 29.2 Å². The molecular formula is C26H34FN7O3. The quantitative estimate of drug-likeness (QED) is 0.495. The molecule has 0 saturated carbocycles. The maximum absolute atomic E-state index is 14.9. The fourth-order valence-electron chi connectivity index (χ4n) is 4.32. The van der Waals surface area contributed by atoms with E-state index in [1.165, 1.54) is 21.6 Å². The molecular weight excluding hydrogens is 477 g/mol. The van der Waals surface area contributed by atoms with Gasteiger partial charge in [0.05, 0.1) is 5.69 Å². The molecule has 198 valence electrons. The summed E-state index contributed by atoms with van der Waals surface area (Å²) >= 11 is 0. The number of carbonyl (C=O) groups is 1. The summed E-state index contributed by atoms with van der Waals surface area (Å²) in [5.74, 6) is 0.0602. The number of hydrogen-bond acceptors (Lipinski definition) is 7. The van der Waals surface area contributed by atoms with Gasteiger partial charge < -0.3 is 14.5 Å². The molecule has 37 heavy (non-hydrogen) atoms. The Morgan fingerprint density at radius 3 is 2.43 bits per heavy atom. The molecule has 1 aliphatic rings. The molecule has 11 heteroatoms. The van der Waals surface area contributed by atoms with Crippen LogP contribution in [0.1, 0.15) is 47.0 Å². The topological polar surface area (TPSA) is 98.4 Å². The minimum absolute atomic E-state index is 0.0912. The predicted molar refractivity (Wildman–Crippen MR) is 138 cm³/mol. The zero-order chi connectivity index (χ0) is 26.7. The van der Waals surface area contributed by atoms with E-state index < -0.39 is 11.4 Å². The van der Waals surface area contributed by atoms with Gasteiger partial charge in [0, 0.05) is 50.7 Å². The number of piperidine rings is 1. The molecule has 1 aromatic carbocycles. The van der Waals surface area contributed by atoms with Gasteiger partial charge in [0.25, 0.3) is 0 Å². The Morgan fingerprint density at radius 2 is 1.84 bits per heavy atom. The number of nitrogens with zero attached hydrogens (tertiary/aromatic N) is 7. The Labute approximate surface area is 215 Å². The third-order valence-corrected chi connectivity index (χ3v) is 6.32. The molecule has 2 aromatic heterocycles. The number of carbonyl (C=O) groups excluding carboxylic acids is 1. The first kappa shape index (κ1) is 26.3. The van der Waals surface area contributed by atoms with Crippen LogP contribution in [0.5, 0.6) is 0 Å². The van der Waals surface area contributed by atoms with E-state index in [0.717, 1.165) is 19.3 Å². The average Bonchev–Trinajstić information content (AvgIpc) is 3.22. The second kappa shape index (κ2) is 10.7. The molecule has 1 aliphatic heterocycles. The summed E-state index contributed by atoms with van der Waals surface area (Å²) < 4.78 is 22.9. The van der Waals surface area contributed by atoms with Gasteiger partial charge in [-0.05, 0) is 57.7 Å². The Kier molecular flexibility index (Phi) is 7.60. The van der Waals surface area contributed by atoms with E-state index in [1.54, 1.807) is 36.5 Å². The van der Waals surface area contributed by atoms with E-state index >= 15 is 0 Å². The minimum atomic E-state index is -0.532. The molecule has 1 fully saturated rings. The van der Waals surface area contributed by atoms with Crippen molar-refractivity contribution in [2.45, 2.75) is 65.1 Å². The van der Waals surface area contributed by atoms with Crippen LogP contribution in [0.25, 0.3) is 16.8 Å². The fraction of sp³-hybridized carbons (Fsp3) is 0.500. The van der Waals surface area contributed by atoms with Crippen molar-refractivity contribution in [3.63, 3.8) is 0 Å². The van der Waals surface area contributed by atoms with Gasteiger partial charge in [0.15, 0.2) is 0 Å². The molecule has 10 nitrogen and oxygen atoms in total. The number of halogens is 1. The molecule has 0 radical (unpaired) electrons. The lowest BCUT2D eigenvalue weighted by molar-refractivity contribution is 0.0200. The highest BCUT2D eigenvalue weighted by Gasteiger charge is 2.29. The SMILES string of the molecule is CCCn1ncn(-c2ccc(-c3cnc(N4CCC(N(C)C(=O)OC(C)(C)C)CC4)nc3)cc2F)c1=O. The maximum atomic E-state index is 14.9. The van der Waals surface area contributed by atoms with Gasteiger partial charge in [0.1, 0.15) is 17.7 Å². The summed E-state index contributed by atoms with van der Waals surface area (Å²) in [6, 6.07) is 4.76. The average molecular weight is 512 g/mol. The first-order valence-corrected chi connectivity index (χ1v) is 12.5. The summed E-state index contributed by atoms with van der Waals surface area (Å²) in [4.78, 5) is 37.6. The summed E-state index contributed by atoms with van der Waals surface area (Å²) in [6.45, 7) is 9.41. The van der Waals surface area contributed by atoms with Gasteiger partial charge in [-0.1, -0.05) is 13.0 Å². The Balaban J connectivity index is 1.40. The summed E-state index contributed by atoms with van der Waals surface area (Å²) in [7, 11) is 1.78. The normalized spacial score (nSPS) is 14.6. The van der Waals surface area contributed by atoms with Gasteiger partial charge in [-0.2, -0.15) is 5.10 Å². The lowest BCUT2D eigenvalue weighted by atomic mass is 10.0. The van der Waals surface area contributed by atoms with Crippen molar-refractivity contribution in [1.29, 1.82) is 0 Å². The number of benzene rings is 1. The smallest absolute Gasteiger partial charge is 0.410 e. The van der Waals surface area contributed by atoms with Gasteiger partial charge >= 0.3 is 11.8 Å². The van der Waals surface area contributed by atoms with E-state index in [2.05, 4.69) is 20.0 Å². The highest BCUT2D eigenvalue weighted by molar-refractivity contribution is 5.68. The van der Waals surface area contributed by atoms with Crippen LogP contribution in [0.15, 0.2) is 41.7 Å². The molecule has 0 N–H and O–H groups in total. The molecule has 3 heterocycles. The molecule has 3 aromatic rings. The van der Waals surface area contributed by atoms with Crippen LogP contribution in [-0.4, -0.2) is 67.1 Å². The van der Waals surface area contributed by atoms with Crippen molar-refractivity contribution in [3.05, 3.63) is 53.2 Å². The standard InChI is InChI=1S/C26H34FN7O3/c1-6-11-34-24(35)33(17-30-34)22-8-7-18(14-21(22)27)19-15-28-23(29-16-19)32-12-9-20(10-13-32)31(5)25(36)37-26(2,3)4/h7-8,14-17,20H,6,9-13H2,1-5H3. The van der Waals surface area contributed by atoms with Gasteiger partial charge in [-0.25, -0.2) is 33.2 Å². The maximum Gasteiger partial charge on any atom is 0.410 e. The number of rotatable bonds is 6. The van der Waals surface area contributed by atoms with Crippen LogP contribution < -0.4 is 10.6 Å². The van der Waals surface area contributed by atoms with E-state index in [1.807, 2.05) is 27.7 Å². The third kappa shape index (κ3) is 5.98. The molecule has 0 spiro atoms. The molecule has 4 rings (SSSR count). The highest BCUT2D eigenvalue weighted by Crippen LogP contribution is 2.25. The van der Waals surface area contributed by atoms with E-state index in [0.29, 0.717) is 36.7 Å². The first-order valence-electron chi connectivity index (χ1n) is 12.5. The summed E-state index contributed by atoms with van der Waals surface area (Å²) in [5.41, 5.74) is 0.526. The molecule has 0 unspecified atom stereocenters. The fourth-order valence-corrected chi connectivity index (χ4v) is 4.32. The van der Waals surface area contributed by atoms with Gasteiger partial charge in [0.2, 0.25) is 5.95 Å². The number of aromatic nitrogens is 5. The number of hydrogen-bond donors (Lipinski definition) is 0. The Morgan fingerprint density at radius 1 is 1.16 bits per heavy atom. The molecule has 0 atom stereocenters. The van der Waals surface area contributed by atoms with Crippen LogP contribution >= 0.6 is 0 Å². The molecule has 0 aliphatic carbocycles. The number of ether oxygens (including phenoxy) is 1. The Hall–Kier alpha value is -3.76. The molecule has 1 amide bonds. The third-order valence-electron chi connectivity index (χ3n) is 6.32. The van der Waals surface area contributed by atoms with Crippen molar-refractivity contribution in [2.75, 3.05) is 25.0 Å². The van der Waals surface area contributed by atoms with E-state index in [4.69, 9.17) is 4.74 Å². The van der Waals surface area contributed by atoms with Gasteiger partial charge in [-0.15, -0.1) is 0 Å². The van der Waals surface area contributed by atoms with E-state index in [-0.39, 0.29) is 23.5 Å². The predicted octanol–water partition coefficient (Wildman–Crippen LogP) is 3.88. The highest BCUT2D eigenvalue weighted by atomic mass is 19.1. The lowest BCUT2D eigenvalue weighted by Crippen LogP contribution is -2.47. The lowest BCUT2D eigenvalue weighted by Gasteiger charge is -2.37. The van der Waals surface area contributed by atoms with Crippen molar-refractivity contribution in [2.24, 2.45) is 0 Å². The van der Waals surface area contributed by atoms with Crippen molar-refractivity contribution < 1.29 is 13.9 Å². The number of anilines is 1. The van der Waals surface area contributed by atoms with Crippen molar-refractivity contribution >= 4 is 12.0 Å². The number of aryl methyl sites for hydroxylation is 1. The van der Waals surface area contributed by atoms with Crippen LogP contribution in [0.4, 0.5) is 15.1 Å². The first-order chi connectivity index (χ1) is 17.6.